The van der Waals surface area contributed by atoms with E-state index in [0.717, 1.165) is 5.56 Å². The van der Waals surface area contributed by atoms with Crippen LogP contribution in [0.5, 0.6) is 0 Å². The van der Waals surface area contributed by atoms with Crippen LogP contribution in [0.25, 0.3) is 0 Å². The molecule has 3 atom stereocenters. The number of aryl methyl sites for hydroxylation is 2. The summed E-state index contributed by atoms with van der Waals surface area (Å²) in [7, 11) is 0. The topological polar surface area (TPSA) is 58.6 Å². The number of hydrogen-bond acceptors (Lipinski definition) is 3. The fourth-order valence-corrected chi connectivity index (χ4v) is 3.36. The molecule has 124 valence electrons. The lowest BCUT2D eigenvalue weighted by Gasteiger charge is -2.39. The van der Waals surface area contributed by atoms with E-state index in [1.165, 1.54) is 11.1 Å². The molecule has 2 heterocycles. The summed E-state index contributed by atoms with van der Waals surface area (Å²) in [4.78, 5) is 26.0. The van der Waals surface area contributed by atoms with Crippen LogP contribution in [0.1, 0.15) is 42.6 Å². The van der Waals surface area contributed by atoms with Gasteiger partial charge in [-0.05, 0) is 38.3 Å². The molecule has 0 saturated carbocycles. The van der Waals surface area contributed by atoms with E-state index in [0.29, 0.717) is 26.0 Å². The SMILES string of the molecule is Cc1ccc(C)c([C@H]2CN(C(=O)[C@H]3CCC(=O)N3)[C@H](C)CO2)c1. The van der Waals surface area contributed by atoms with Crippen molar-refractivity contribution in [2.24, 2.45) is 0 Å². The van der Waals surface area contributed by atoms with Crippen molar-refractivity contribution >= 4 is 11.8 Å². The van der Waals surface area contributed by atoms with Crippen molar-refractivity contribution in [3.05, 3.63) is 34.9 Å². The predicted molar refractivity (Wildman–Crippen MR) is 86.9 cm³/mol. The molecule has 2 amide bonds. The Morgan fingerprint density at radius 3 is 2.83 bits per heavy atom. The summed E-state index contributed by atoms with van der Waals surface area (Å²) in [5.41, 5.74) is 3.51. The van der Waals surface area contributed by atoms with Crippen molar-refractivity contribution in [3.8, 4) is 0 Å². The van der Waals surface area contributed by atoms with Crippen LogP contribution in [0.2, 0.25) is 0 Å². The van der Waals surface area contributed by atoms with Crippen molar-refractivity contribution in [3.63, 3.8) is 0 Å². The molecule has 5 heteroatoms. The third kappa shape index (κ3) is 3.24. The van der Waals surface area contributed by atoms with Gasteiger partial charge in [0.15, 0.2) is 0 Å². The molecule has 0 radical (unpaired) electrons. The zero-order chi connectivity index (χ0) is 16.6. The maximum atomic E-state index is 12.7. The average Bonchev–Trinajstić information content (AvgIpc) is 2.96. The molecule has 2 saturated heterocycles. The van der Waals surface area contributed by atoms with Crippen LogP contribution >= 0.6 is 0 Å². The minimum atomic E-state index is -0.373. The van der Waals surface area contributed by atoms with Crippen LogP contribution in [0.4, 0.5) is 0 Å². The highest BCUT2D eigenvalue weighted by atomic mass is 16.5. The first kappa shape index (κ1) is 16.0. The minimum absolute atomic E-state index is 0.0157. The van der Waals surface area contributed by atoms with Crippen molar-refractivity contribution in [1.29, 1.82) is 0 Å². The maximum Gasteiger partial charge on any atom is 0.245 e. The van der Waals surface area contributed by atoms with Crippen molar-refractivity contribution in [2.45, 2.75) is 51.8 Å². The summed E-state index contributed by atoms with van der Waals surface area (Å²) >= 11 is 0. The first-order chi connectivity index (χ1) is 11.0. The molecule has 5 nitrogen and oxygen atoms in total. The monoisotopic (exact) mass is 316 g/mol. The Balaban J connectivity index is 1.77. The fourth-order valence-electron chi connectivity index (χ4n) is 3.36. The molecule has 0 bridgehead atoms. The lowest BCUT2D eigenvalue weighted by Crippen LogP contribution is -2.53. The van der Waals surface area contributed by atoms with Gasteiger partial charge in [-0.2, -0.15) is 0 Å². The van der Waals surface area contributed by atoms with Gasteiger partial charge in [0.25, 0.3) is 0 Å². The van der Waals surface area contributed by atoms with Gasteiger partial charge in [-0.25, -0.2) is 0 Å². The summed E-state index contributed by atoms with van der Waals surface area (Å²) in [6, 6.07) is 5.97. The second-order valence-electron chi connectivity index (χ2n) is 6.68. The quantitative estimate of drug-likeness (QED) is 0.906. The van der Waals surface area contributed by atoms with Gasteiger partial charge in [0.1, 0.15) is 12.1 Å². The van der Waals surface area contributed by atoms with Crippen LogP contribution < -0.4 is 5.32 Å². The van der Waals surface area contributed by atoms with E-state index < -0.39 is 0 Å². The van der Waals surface area contributed by atoms with E-state index in [1.807, 2.05) is 11.8 Å². The van der Waals surface area contributed by atoms with E-state index in [1.54, 1.807) is 0 Å². The highest BCUT2D eigenvalue weighted by Gasteiger charge is 2.37. The van der Waals surface area contributed by atoms with Crippen molar-refractivity contribution < 1.29 is 14.3 Å². The lowest BCUT2D eigenvalue weighted by atomic mass is 9.98. The zero-order valence-corrected chi connectivity index (χ0v) is 14.0. The number of carbonyl (C=O) groups is 2. The Labute approximate surface area is 137 Å². The fraction of sp³-hybridized carbons (Fsp3) is 0.556. The summed E-state index contributed by atoms with van der Waals surface area (Å²) in [5, 5.41) is 2.78. The highest BCUT2D eigenvalue weighted by Crippen LogP contribution is 2.29. The molecule has 1 aromatic rings. The van der Waals surface area contributed by atoms with Gasteiger partial charge in [0.2, 0.25) is 11.8 Å². The highest BCUT2D eigenvalue weighted by molar-refractivity contribution is 5.91. The number of nitrogens with one attached hydrogen (secondary N) is 1. The number of amides is 2. The summed E-state index contributed by atoms with van der Waals surface area (Å²) in [6.07, 6.45) is 0.929. The minimum Gasteiger partial charge on any atom is -0.370 e. The molecule has 0 aliphatic carbocycles. The number of benzene rings is 1. The maximum absolute atomic E-state index is 12.7. The molecule has 1 N–H and O–H groups in total. The number of rotatable bonds is 2. The molecule has 2 aliphatic rings. The second kappa shape index (κ2) is 6.32. The van der Waals surface area contributed by atoms with Crippen LogP contribution in [0, 0.1) is 13.8 Å². The number of nitrogens with zero attached hydrogens (tertiary/aromatic N) is 1. The zero-order valence-electron chi connectivity index (χ0n) is 14.0. The van der Waals surface area contributed by atoms with Gasteiger partial charge in [-0.3, -0.25) is 9.59 Å². The van der Waals surface area contributed by atoms with Gasteiger partial charge < -0.3 is 15.0 Å². The number of ether oxygens (including phenoxy) is 1. The van der Waals surface area contributed by atoms with Crippen LogP contribution in [-0.2, 0) is 14.3 Å². The Hall–Kier alpha value is -1.88. The van der Waals surface area contributed by atoms with E-state index in [9.17, 15) is 9.59 Å². The average molecular weight is 316 g/mol. The third-order valence-electron chi connectivity index (χ3n) is 4.79. The number of hydrogen-bond donors (Lipinski definition) is 1. The van der Waals surface area contributed by atoms with Crippen LogP contribution in [0.15, 0.2) is 18.2 Å². The van der Waals surface area contributed by atoms with Crippen molar-refractivity contribution in [1.82, 2.24) is 10.2 Å². The Morgan fingerprint density at radius 2 is 2.13 bits per heavy atom. The largest absolute Gasteiger partial charge is 0.370 e. The summed E-state index contributed by atoms with van der Waals surface area (Å²) in [6.45, 7) is 7.18. The molecular weight excluding hydrogens is 292 g/mol. The van der Waals surface area contributed by atoms with Gasteiger partial charge in [0, 0.05) is 6.42 Å². The molecule has 0 spiro atoms. The lowest BCUT2D eigenvalue weighted by molar-refractivity contribution is -0.147. The number of morpholine rings is 1. The molecule has 0 unspecified atom stereocenters. The van der Waals surface area contributed by atoms with E-state index >= 15 is 0 Å². The van der Waals surface area contributed by atoms with Gasteiger partial charge in [-0.1, -0.05) is 23.8 Å². The van der Waals surface area contributed by atoms with Gasteiger partial charge in [-0.15, -0.1) is 0 Å². The molecule has 3 rings (SSSR count). The normalized spacial score (nSPS) is 27.9. The summed E-state index contributed by atoms with van der Waals surface area (Å²) < 4.78 is 6.00. The molecule has 2 aliphatic heterocycles. The van der Waals surface area contributed by atoms with Crippen LogP contribution in [-0.4, -0.2) is 41.9 Å². The van der Waals surface area contributed by atoms with E-state index in [4.69, 9.17) is 4.74 Å². The van der Waals surface area contributed by atoms with Crippen LogP contribution in [0.3, 0.4) is 0 Å². The molecule has 23 heavy (non-hydrogen) atoms. The Kier molecular flexibility index (Phi) is 4.39. The first-order valence-electron chi connectivity index (χ1n) is 8.24. The summed E-state index contributed by atoms with van der Waals surface area (Å²) in [5.74, 6) is -0.0164. The van der Waals surface area contributed by atoms with E-state index in [-0.39, 0.29) is 30.0 Å². The van der Waals surface area contributed by atoms with Gasteiger partial charge in [0.05, 0.1) is 19.2 Å². The third-order valence-corrected chi connectivity index (χ3v) is 4.79. The molecule has 1 aromatic carbocycles. The Morgan fingerprint density at radius 1 is 1.35 bits per heavy atom. The second-order valence-corrected chi connectivity index (χ2v) is 6.68. The van der Waals surface area contributed by atoms with E-state index in [2.05, 4.69) is 37.4 Å². The predicted octanol–water partition coefficient (Wildman–Crippen LogP) is 1.87. The Bertz CT molecular complexity index is 629. The smallest absolute Gasteiger partial charge is 0.245 e. The first-order valence-corrected chi connectivity index (χ1v) is 8.24. The van der Waals surface area contributed by atoms with Crippen molar-refractivity contribution in [2.75, 3.05) is 13.2 Å². The standard InChI is InChI=1S/C18H24N2O3/c1-11-4-5-12(2)14(8-11)16-9-20(13(3)10-23-16)18(22)15-6-7-17(21)19-15/h4-5,8,13,15-16H,6-7,9-10H2,1-3H3,(H,19,21)/t13-,15-,16-/m1/s1. The molecule has 2 fully saturated rings. The number of carbonyl (C=O) groups excluding carboxylic acids is 2. The molecule has 0 aromatic heterocycles. The van der Waals surface area contributed by atoms with Gasteiger partial charge >= 0.3 is 0 Å². The molecular formula is C18H24N2O3.